The molecule has 1 unspecified atom stereocenters. The lowest BCUT2D eigenvalue weighted by atomic mass is 10.2. The number of piperazine rings is 1. The van der Waals surface area contributed by atoms with Crippen molar-refractivity contribution in [2.75, 3.05) is 32.7 Å². The van der Waals surface area contributed by atoms with Crippen molar-refractivity contribution in [3.8, 4) is 0 Å². The third kappa shape index (κ3) is 5.10. The summed E-state index contributed by atoms with van der Waals surface area (Å²) in [6.45, 7) is 9.51. The molecule has 0 aromatic carbocycles. The summed E-state index contributed by atoms with van der Waals surface area (Å²) in [5.41, 5.74) is 1.23. The second-order valence-corrected chi connectivity index (χ2v) is 5.68. The van der Waals surface area contributed by atoms with Crippen molar-refractivity contribution in [1.29, 1.82) is 0 Å². The first-order valence-corrected chi connectivity index (χ1v) is 7.81. The van der Waals surface area contributed by atoms with Crippen LogP contribution < -0.4 is 5.32 Å². The van der Waals surface area contributed by atoms with Crippen LogP contribution in [0.3, 0.4) is 0 Å². The van der Waals surface area contributed by atoms with Gasteiger partial charge in [-0.15, -0.1) is 0 Å². The average Bonchev–Trinajstić information content (AvgIpc) is 2.49. The van der Waals surface area contributed by atoms with E-state index in [1.807, 2.05) is 17.2 Å². The molecular formula is C16H26N4O. The van der Waals surface area contributed by atoms with Crippen LogP contribution in [0.15, 0.2) is 24.5 Å². The maximum Gasteiger partial charge on any atom is 0.224 e. The lowest BCUT2D eigenvalue weighted by Crippen LogP contribution is -2.49. The van der Waals surface area contributed by atoms with Crippen LogP contribution in [0, 0.1) is 0 Å². The summed E-state index contributed by atoms with van der Waals surface area (Å²) in [6.07, 6.45) is 4.30. The number of hydrogen-bond acceptors (Lipinski definition) is 4. The minimum atomic E-state index is 0.260. The fraction of sp³-hybridized carbons (Fsp3) is 0.625. The molecule has 0 bridgehead atoms. The highest BCUT2D eigenvalue weighted by atomic mass is 16.2. The van der Waals surface area contributed by atoms with E-state index in [1.165, 1.54) is 5.56 Å². The van der Waals surface area contributed by atoms with Crippen molar-refractivity contribution in [2.24, 2.45) is 0 Å². The van der Waals surface area contributed by atoms with Crippen LogP contribution in [0.4, 0.5) is 0 Å². The summed E-state index contributed by atoms with van der Waals surface area (Å²) in [5, 5.41) is 3.29. The van der Waals surface area contributed by atoms with E-state index in [1.54, 1.807) is 6.20 Å². The van der Waals surface area contributed by atoms with Crippen LogP contribution in [0.1, 0.15) is 25.8 Å². The molecule has 1 amide bonds. The number of carbonyl (C=O) groups excluding carboxylic acids is 1. The highest BCUT2D eigenvalue weighted by molar-refractivity contribution is 5.76. The molecule has 0 radical (unpaired) electrons. The van der Waals surface area contributed by atoms with Crippen LogP contribution in [0.25, 0.3) is 0 Å². The Morgan fingerprint density at radius 1 is 1.38 bits per heavy atom. The van der Waals surface area contributed by atoms with E-state index in [0.29, 0.717) is 6.42 Å². The van der Waals surface area contributed by atoms with Gasteiger partial charge in [0.25, 0.3) is 0 Å². The summed E-state index contributed by atoms with van der Waals surface area (Å²) in [4.78, 5) is 20.7. The number of aromatic nitrogens is 1. The second kappa shape index (κ2) is 8.10. The van der Waals surface area contributed by atoms with Gasteiger partial charge < -0.3 is 10.2 Å². The predicted molar refractivity (Wildman–Crippen MR) is 83.8 cm³/mol. The van der Waals surface area contributed by atoms with E-state index in [9.17, 15) is 4.79 Å². The molecule has 2 rings (SSSR count). The molecule has 1 fully saturated rings. The zero-order chi connectivity index (χ0) is 15.1. The first kappa shape index (κ1) is 15.9. The van der Waals surface area contributed by atoms with Gasteiger partial charge in [0.1, 0.15) is 0 Å². The van der Waals surface area contributed by atoms with E-state index < -0.39 is 0 Å². The van der Waals surface area contributed by atoms with Crippen molar-refractivity contribution in [3.05, 3.63) is 30.1 Å². The predicted octanol–water partition coefficient (Wildman–Crippen LogP) is 1.11. The number of nitrogens with one attached hydrogen (secondary N) is 1. The average molecular weight is 290 g/mol. The fourth-order valence-corrected chi connectivity index (χ4v) is 2.72. The molecule has 2 heterocycles. The van der Waals surface area contributed by atoms with Crippen molar-refractivity contribution >= 4 is 5.91 Å². The fourth-order valence-electron chi connectivity index (χ4n) is 2.72. The minimum absolute atomic E-state index is 0.260. The number of carbonyl (C=O) groups is 1. The largest absolute Gasteiger partial charge is 0.340 e. The molecular weight excluding hydrogens is 264 g/mol. The van der Waals surface area contributed by atoms with E-state index >= 15 is 0 Å². The molecule has 1 aromatic heterocycles. The number of nitrogens with zero attached hydrogens (tertiary/aromatic N) is 3. The quantitative estimate of drug-likeness (QED) is 0.853. The Morgan fingerprint density at radius 3 is 2.76 bits per heavy atom. The SMILES string of the molecule is CCNC(C)CC(=O)N1CCN(Cc2cccnc2)CC1. The number of amides is 1. The first-order valence-electron chi connectivity index (χ1n) is 7.81. The van der Waals surface area contributed by atoms with Gasteiger partial charge in [0.05, 0.1) is 0 Å². The molecule has 1 aliphatic heterocycles. The standard InChI is InChI=1S/C16H26N4O/c1-3-18-14(2)11-16(21)20-9-7-19(8-10-20)13-15-5-4-6-17-12-15/h4-6,12,14,18H,3,7-11,13H2,1-2H3. The summed E-state index contributed by atoms with van der Waals surface area (Å²) < 4.78 is 0. The Balaban J connectivity index is 1.74. The van der Waals surface area contributed by atoms with Crippen molar-refractivity contribution in [2.45, 2.75) is 32.9 Å². The lowest BCUT2D eigenvalue weighted by molar-refractivity contribution is -0.133. The highest BCUT2D eigenvalue weighted by Crippen LogP contribution is 2.09. The second-order valence-electron chi connectivity index (χ2n) is 5.68. The molecule has 5 heteroatoms. The molecule has 21 heavy (non-hydrogen) atoms. The topological polar surface area (TPSA) is 48.5 Å². The smallest absolute Gasteiger partial charge is 0.224 e. The monoisotopic (exact) mass is 290 g/mol. The molecule has 1 aromatic rings. The molecule has 0 aliphatic carbocycles. The van der Waals surface area contributed by atoms with E-state index in [-0.39, 0.29) is 11.9 Å². The van der Waals surface area contributed by atoms with Crippen LogP contribution >= 0.6 is 0 Å². The zero-order valence-electron chi connectivity index (χ0n) is 13.1. The summed E-state index contributed by atoms with van der Waals surface area (Å²) >= 11 is 0. The Kier molecular flexibility index (Phi) is 6.14. The van der Waals surface area contributed by atoms with E-state index in [4.69, 9.17) is 0 Å². The molecule has 1 N–H and O–H groups in total. The Labute approximate surface area is 127 Å². The van der Waals surface area contributed by atoms with Gasteiger partial charge in [-0.05, 0) is 25.1 Å². The van der Waals surface area contributed by atoms with Gasteiger partial charge in [0, 0.05) is 57.6 Å². The Bertz CT molecular complexity index is 429. The normalized spacial score (nSPS) is 17.7. The first-order chi connectivity index (χ1) is 10.2. The Hall–Kier alpha value is -1.46. The summed E-state index contributed by atoms with van der Waals surface area (Å²) in [6, 6.07) is 4.33. The number of rotatable bonds is 6. The summed E-state index contributed by atoms with van der Waals surface area (Å²) in [5.74, 6) is 0.268. The molecule has 5 nitrogen and oxygen atoms in total. The van der Waals surface area contributed by atoms with Crippen LogP contribution in [0.2, 0.25) is 0 Å². The molecule has 1 aliphatic rings. The third-order valence-electron chi connectivity index (χ3n) is 3.89. The van der Waals surface area contributed by atoms with E-state index in [0.717, 1.165) is 39.3 Å². The van der Waals surface area contributed by atoms with Crippen molar-refractivity contribution < 1.29 is 4.79 Å². The van der Waals surface area contributed by atoms with Crippen LogP contribution in [-0.4, -0.2) is 59.5 Å². The Morgan fingerprint density at radius 2 is 2.14 bits per heavy atom. The maximum absolute atomic E-state index is 12.2. The molecule has 0 spiro atoms. The van der Waals surface area contributed by atoms with Crippen molar-refractivity contribution in [1.82, 2.24) is 20.1 Å². The number of pyridine rings is 1. The minimum Gasteiger partial charge on any atom is -0.340 e. The highest BCUT2D eigenvalue weighted by Gasteiger charge is 2.22. The van der Waals surface area contributed by atoms with E-state index in [2.05, 4.69) is 35.1 Å². The maximum atomic E-state index is 12.2. The lowest BCUT2D eigenvalue weighted by Gasteiger charge is -2.35. The van der Waals surface area contributed by atoms with Gasteiger partial charge in [-0.1, -0.05) is 13.0 Å². The third-order valence-corrected chi connectivity index (χ3v) is 3.89. The van der Waals surface area contributed by atoms with Gasteiger partial charge in [-0.3, -0.25) is 14.7 Å². The molecule has 1 saturated heterocycles. The van der Waals surface area contributed by atoms with Crippen LogP contribution in [0.5, 0.6) is 0 Å². The molecule has 0 saturated carbocycles. The van der Waals surface area contributed by atoms with Gasteiger partial charge >= 0.3 is 0 Å². The molecule has 116 valence electrons. The summed E-state index contributed by atoms with van der Waals surface area (Å²) in [7, 11) is 0. The molecule has 1 atom stereocenters. The van der Waals surface area contributed by atoms with Gasteiger partial charge in [0.15, 0.2) is 0 Å². The van der Waals surface area contributed by atoms with Gasteiger partial charge in [-0.25, -0.2) is 0 Å². The zero-order valence-corrected chi connectivity index (χ0v) is 13.1. The van der Waals surface area contributed by atoms with Crippen LogP contribution in [-0.2, 0) is 11.3 Å². The van der Waals surface area contributed by atoms with Gasteiger partial charge in [0.2, 0.25) is 5.91 Å². The number of hydrogen-bond donors (Lipinski definition) is 1. The van der Waals surface area contributed by atoms with Crippen molar-refractivity contribution in [3.63, 3.8) is 0 Å². The van der Waals surface area contributed by atoms with Gasteiger partial charge in [-0.2, -0.15) is 0 Å².